The van der Waals surface area contributed by atoms with Gasteiger partial charge in [0.1, 0.15) is 17.1 Å². The molecule has 160 valence electrons. The van der Waals surface area contributed by atoms with Gasteiger partial charge >= 0.3 is 5.97 Å². The quantitative estimate of drug-likeness (QED) is 0.582. The third kappa shape index (κ3) is 4.55. The van der Waals surface area contributed by atoms with Crippen molar-refractivity contribution < 1.29 is 19.2 Å². The molecule has 1 aromatic heterocycles. The van der Waals surface area contributed by atoms with E-state index in [1.807, 2.05) is 42.6 Å². The number of anilines is 1. The number of hydrogen-bond donors (Lipinski definition) is 2. The average molecular weight is 436 g/mol. The van der Waals surface area contributed by atoms with Crippen LogP contribution in [0.25, 0.3) is 11.1 Å². The maximum atomic E-state index is 13.1. The lowest BCUT2D eigenvalue weighted by molar-refractivity contribution is -0.929. The summed E-state index contributed by atoms with van der Waals surface area (Å²) in [6.45, 7) is 5.76. The van der Waals surface area contributed by atoms with Gasteiger partial charge in [-0.15, -0.1) is 11.3 Å². The number of thiophene rings is 1. The van der Waals surface area contributed by atoms with E-state index in [4.69, 9.17) is 4.74 Å². The monoisotopic (exact) mass is 435 g/mol. The fourth-order valence-corrected chi connectivity index (χ4v) is 5.02. The van der Waals surface area contributed by atoms with Crippen molar-refractivity contribution in [2.24, 2.45) is 0 Å². The van der Waals surface area contributed by atoms with Crippen LogP contribution in [0.2, 0.25) is 0 Å². The van der Waals surface area contributed by atoms with Crippen molar-refractivity contribution in [3.05, 3.63) is 76.7 Å². The molecule has 2 heterocycles. The summed E-state index contributed by atoms with van der Waals surface area (Å²) < 4.78 is 5.30. The molecule has 1 aliphatic heterocycles. The Hall–Kier alpha value is -2.96. The van der Waals surface area contributed by atoms with Crippen LogP contribution in [0.5, 0.6) is 0 Å². The number of nitrogens with one attached hydrogen (secondary N) is 2. The van der Waals surface area contributed by atoms with Gasteiger partial charge in [0.05, 0.1) is 13.2 Å². The first-order valence-corrected chi connectivity index (χ1v) is 11.5. The zero-order valence-electron chi connectivity index (χ0n) is 17.8. The summed E-state index contributed by atoms with van der Waals surface area (Å²) in [5.41, 5.74) is 4.81. The molecule has 2 aromatic carbocycles. The molecule has 2 N–H and O–H groups in total. The number of carbonyl (C=O) groups excluding carboxylic acids is 2. The van der Waals surface area contributed by atoms with Crippen molar-refractivity contribution in [3.63, 3.8) is 0 Å². The standard InChI is InChI=1S/C25H26N2O3S/c1-3-30-25(29)22-21(19-10-5-4-6-11-19)16-31-24(22)26-23(28)17(2)27-14-13-18-9-7-8-12-20(18)15-27/h4-12,16-17H,3,13-15H2,1-2H3,(H,26,28)/p+1/t17-/m1/s1. The van der Waals surface area contributed by atoms with E-state index in [1.165, 1.54) is 27.4 Å². The number of amides is 1. The fraction of sp³-hybridized carbons (Fsp3) is 0.280. The van der Waals surface area contributed by atoms with Crippen LogP contribution in [0.1, 0.15) is 35.3 Å². The summed E-state index contributed by atoms with van der Waals surface area (Å²) >= 11 is 1.36. The predicted molar refractivity (Wildman–Crippen MR) is 123 cm³/mol. The van der Waals surface area contributed by atoms with Crippen molar-refractivity contribution in [1.82, 2.24) is 0 Å². The molecule has 1 unspecified atom stereocenters. The molecule has 5 nitrogen and oxygen atoms in total. The maximum absolute atomic E-state index is 13.1. The zero-order valence-corrected chi connectivity index (χ0v) is 18.6. The first kappa shape index (κ1) is 21.3. The molecule has 31 heavy (non-hydrogen) atoms. The highest BCUT2D eigenvalue weighted by Crippen LogP contribution is 2.36. The van der Waals surface area contributed by atoms with Gasteiger partial charge < -0.3 is 15.0 Å². The van der Waals surface area contributed by atoms with Crippen molar-refractivity contribution in [2.75, 3.05) is 18.5 Å². The Morgan fingerprint density at radius 2 is 1.81 bits per heavy atom. The second-order valence-corrected chi connectivity index (χ2v) is 8.63. The van der Waals surface area contributed by atoms with Crippen LogP contribution in [-0.4, -0.2) is 31.1 Å². The number of carbonyl (C=O) groups is 2. The molecule has 1 aliphatic rings. The van der Waals surface area contributed by atoms with Gasteiger partial charge in [-0.3, -0.25) is 4.79 Å². The summed E-state index contributed by atoms with van der Waals surface area (Å²) in [5, 5.41) is 5.47. The number of hydrogen-bond acceptors (Lipinski definition) is 4. The minimum atomic E-state index is -0.412. The minimum absolute atomic E-state index is 0.0820. The molecule has 0 bridgehead atoms. The van der Waals surface area contributed by atoms with E-state index in [0.29, 0.717) is 10.6 Å². The van der Waals surface area contributed by atoms with E-state index in [2.05, 4.69) is 29.6 Å². The molecule has 6 heteroatoms. The van der Waals surface area contributed by atoms with Crippen LogP contribution >= 0.6 is 11.3 Å². The van der Waals surface area contributed by atoms with Gasteiger partial charge in [-0.05, 0) is 25.0 Å². The van der Waals surface area contributed by atoms with Gasteiger partial charge in [0.2, 0.25) is 0 Å². The molecule has 0 saturated carbocycles. The van der Waals surface area contributed by atoms with Gasteiger partial charge in [-0.1, -0.05) is 54.6 Å². The van der Waals surface area contributed by atoms with Crippen molar-refractivity contribution in [1.29, 1.82) is 0 Å². The third-order valence-electron chi connectivity index (χ3n) is 5.85. The topological polar surface area (TPSA) is 59.8 Å². The number of quaternary nitrogens is 1. The third-order valence-corrected chi connectivity index (χ3v) is 6.74. The summed E-state index contributed by atoms with van der Waals surface area (Å²) in [5.74, 6) is -0.494. The Morgan fingerprint density at radius 1 is 1.10 bits per heavy atom. The second kappa shape index (κ2) is 9.45. The molecule has 0 saturated heterocycles. The van der Waals surface area contributed by atoms with E-state index in [-0.39, 0.29) is 18.6 Å². The highest BCUT2D eigenvalue weighted by atomic mass is 32.1. The lowest BCUT2D eigenvalue weighted by Gasteiger charge is -2.30. The van der Waals surface area contributed by atoms with Gasteiger partial charge in [-0.25, -0.2) is 4.79 Å². The lowest BCUT2D eigenvalue weighted by Crippen LogP contribution is -3.16. The Balaban J connectivity index is 1.55. The van der Waals surface area contributed by atoms with Gasteiger partial charge in [0.25, 0.3) is 5.91 Å². The van der Waals surface area contributed by atoms with E-state index in [1.54, 1.807) is 6.92 Å². The van der Waals surface area contributed by atoms with E-state index in [0.717, 1.165) is 30.6 Å². The van der Waals surface area contributed by atoms with Crippen LogP contribution in [0, 0.1) is 0 Å². The molecule has 3 aromatic rings. The molecule has 4 rings (SSSR count). The van der Waals surface area contributed by atoms with Crippen LogP contribution in [0.3, 0.4) is 0 Å². The largest absolute Gasteiger partial charge is 0.462 e. The predicted octanol–water partition coefficient (Wildman–Crippen LogP) is 3.56. The summed E-state index contributed by atoms with van der Waals surface area (Å²) in [6, 6.07) is 17.9. The minimum Gasteiger partial charge on any atom is -0.462 e. The lowest BCUT2D eigenvalue weighted by atomic mass is 9.98. The molecule has 1 amide bonds. The Kier molecular flexibility index (Phi) is 6.49. The highest BCUT2D eigenvalue weighted by Gasteiger charge is 2.31. The van der Waals surface area contributed by atoms with Crippen LogP contribution in [0.15, 0.2) is 60.0 Å². The highest BCUT2D eigenvalue weighted by molar-refractivity contribution is 7.15. The first-order chi connectivity index (χ1) is 15.1. The number of esters is 1. The van der Waals surface area contributed by atoms with Crippen molar-refractivity contribution in [2.45, 2.75) is 32.9 Å². The van der Waals surface area contributed by atoms with Crippen LogP contribution < -0.4 is 10.2 Å². The Labute approximate surface area is 186 Å². The van der Waals surface area contributed by atoms with Gasteiger partial charge in [0.15, 0.2) is 6.04 Å². The van der Waals surface area contributed by atoms with E-state index < -0.39 is 5.97 Å². The normalized spacial score (nSPS) is 16.3. The smallest absolute Gasteiger partial charge is 0.341 e. The first-order valence-electron chi connectivity index (χ1n) is 10.6. The average Bonchev–Trinajstić information content (AvgIpc) is 3.22. The number of ether oxygens (including phenoxy) is 1. The van der Waals surface area contributed by atoms with Crippen LogP contribution in [0.4, 0.5) is 5.00 Å². The molecular formula is C25H27N2O3S+. The van der Waals surface area contributed by atoms with Crippen molar-refractivity contribution in [3.8, 4) is 11.1 Å². The molecule has 0 spiro atoms. The summed E-state index contributed by atoms with van der Waals surface area (Å²) in [4.78, 5) is 27.1. The maximum Gasteiger partial charge on any atom is 0.341 e. The van der Waals surface area contributed by atoms with Gasteiger partial charge in [-0.2, -0.15) is 0 Å². The molecule has 0 fully saturated rings. The Morgan fingerprint density at radius 3 is 2.55 bits per heavy atom. The number of benzene rings is 2. The zero-order chi connectivity index (χ0) is 21.8. The Bertz CT molecular complexity index is 1080. The molecule has 0 radical (unpaired) electrons. The molecule has 2 atom stereocenters. The van der Waals surface area contributed by atoms with Crippen LogP contribution in [-0.2, 0) is 22.5 Å². The summed E-state index contributed by atoms with van der Waals surface area (Å²) in [6.07, 6.45) is 0.967. The van der Waals surface area contributed by atoms with E-state index in [9.17, 15) is 9.59 Å². The molecule has 0 aliphatic carbocycles. The molecular weight excluding hydrogens is 408 g/mol. The second-order valence-electron chi connectivity index (χ2n) is 7.75. The number of fused-ring (bicyclic) bond motifs is 1. The van der Waals surface area contributed by atoms with Gasteiger partial charge in [0, 0.05) is 22.9 Å². The SMILES string of the molecule is CCOC(=O)c1c(-c2ccccc2)csc1NC(=O)[C@@H](C)[NH+]1CCc2ccccc2C1. The fourth-order valence-electron chi connectivity index (χ4n) is 4.06. The summed E-state index contributed by atoms with van der Waals surface area (Å²) in [7, 11) is 0. The van der Waals surface area contributed by atoms with E-state index >= 15 is 0 Å². The van der Waals surface area contributed by atoms with Crippen molar-refractivity contribution >= 4 is 28.2 Å². The number of rotatable bonds is 6.